The first-order chi connectivity index (χ1) is 8.80. The van der Waals surface area contributed by atoms with Gasteiger partial charge in [0, 0.05) is 38.8 Å². The summed E-state index contributed by atoms with van der Waals surface area (Å²) in [6.45, 7) is 10.3. The van der Waals surface area contributed by atoms with E-state index in [0.717, 1.165) is 31.9 Å². The molecule has 1 fully saturated rings. The van der Waals surface area contributed by atoms with Crippen molar-refractivity contribution in [1.82, 2.24) is 14.7 Å². The Hall–Kier alpha value is -1.07. The fraction of sp³-hybridized carbons (Fsp3) is 0.692. The van der Waals surface area contributed by atoms with Gasteiger partial charge in [0.05, 0.1) is 11.9 Å². The predicted molar refractivity (Wildman–Crippen MR) is 78.0 cm³/mol. The first-order valence-corrected chi connectivity index (χ1v) is 6.90. The van der Waals surface area contributed by atoms with Crippen molar-refractivity contribution >= 4 is 17.3 Å². The number of rotatable bonds is 1. The number of hydrogen-bond acceptors (Lipinski definition) is 4. The van der Waals surface area contributed by atoms with Crippen molar-refractivity contribution in [2.24, 2.45) is 7.05 Å². The topological polar surface area (TPSA) is 41.4 Å². The van der Waals surface area contributed by atoms with Gasteiger partial charge >= 0.3 is 0 Å². The van der Waals surface area contributed by atoms with E-state index in [1.54, 1.807) is 13.2 Å². The number of halogens is 1. The third kappa shape index (κ3) is 2.92. The summed E-state index contributed by atoms with van der Waals surface area (Å²) in [4.78, 5) is 16.4. The normalized spacial score (nSPS) is 17.8. The van der Waals surface area contributed by atoms with Crippen LogP contribution in [0.2, 0.25) is 5.02 Å². The number of hydrogen-bond donors (Lipinski definition) is 0. The highest BCUT2D eigenvalue weighted by atomic mass is 35.5. The summed E-state index contributed by atoms with van der Waals surface area (Å²) in [6, 6.07) is 0. The van der Waals surface area contributed by atoms with Gasteiger partial charge < -0.3 is 4.90 Å². The van der Waals surface area contributed by atoms with Gasteiger partial charge in [-0.1, -0.05) is 11.6 Å². The summed E-state index contributed by atoms with van der Waals surface area (Å²) in [6.07, 6.45) is 1.68. The van der Waals surface area contributed by atoms with Gasteiger partial charge in [-0.2, -0.15) is 5.10 Å². The second-order valence-corrected chi connectivity index (χ2v) is 6.30. The minimum absolute atomic E-state index is 0.182. The zero-order chi connectivity index (χ0) is 14.2. The summed E-state index contributed by atoms with van der Waals surface area (Å²) < 4.78 is 1.26. The molecule has 0 spiro atoms. The average molecular weight is 285 g/mol. The summed E-state index contributed by atoms with van der Waals surface area (Å²) in [7, 11) is 1.61. The Labute approximate surface area is 118 Å². The molecule has 6 heteroatoms. The van der Waals surface area contributed by atoms with E-state index < -0.39 is 0 Å². The Morgan fingerprint density at radius 3 is 2.32 bits per heavy atom. The molecule has 0 aliphatic carbocycles. The molecular formula is C13H21ClN4O. The van der Waals surface area contributed by atoms with Gasteiger partial charge in [0.15, 0.2) is 0 Å². The second kappa shape index (κ2) is 5.13. The maximum atomic E-state index is 11.8. The maximum absolute atomic E-state index is 11.8. The molecule has 19 heavy (non-hydrogen) atoms. The average Bonchev–Trinajstić information content (AvgIpc) is 2.35. The molecule has 1 saturated heterocycles. The number of aryl methyl sites for hydroxylation is 1. The summed E-state index contributed by atoms with van der Waals surface area (Å²) >= 11 is 6.13. The third-order valence-electron chi connectivity index (χ3n) is 3.63. The van der Waals surface area contributed by atoms with E-state index in [1.807, 2.05) is 0 Å². The van der Waals surface area contributed by atoms with E-state index in [0.29, 0.717) is 0 Å². The first kappa shape index (κ1) is 14.3. The quantitative estimate of drug-likeness (QED) is 0.781. The lowest BCUT2D eigenvalue weighted by molar-refractivity contribution is 0.128. The van der Waals surface area contributed by atoms with Crippen LogP contribution < -0.4 is 10.5 Å². The number of aromatic nitrogens is 2. The van der Waals surface area contributed by atoms with Crippen molar-refractivity contribution < 1.29 is 0 Å². The van der Waals surface area contributed by atoms with Gasteiger partial charge in [-0.15, -0.1) is 0 Å². The highest BCUT2D eigenvalue weighted by Crippen LogP contribution is 2.24. The van der Waals surface area contributed by atoms with Gasteiger partial charge in [0.25, 0.3) is 5.56 Å². The Morgan fingerprint density at radius 2 is 1.79 bits per heavy atom. The zero-order valence-electron chi connectivity index (χ0n) is 12.0. The Bertz CT molecular complexity index is 512. The maximum Gasteiger partial charge on any atom is 0.287 e. The van der Waals surface area contributed by atoms with Gasteiger partial charge in [-0.25, -0.2) is 4.68 Å². The molecule has 5 nitrogen and oxygen atoms in total. The third-order valence-corrected chi connectivity index (χ3v) is 3.98. The van der Waals surface area contributed by atoms with Crippen LogP contribution in [-0.4, -0.2) is 46.4 Å². The van der Waals surface area contributed by atoms with Crippen molar-refractivity contribution in [2.75, 3.05) is 31.1 Å². The lowest BCUT2D eigenvalue weighted by Gasteiger charge is -2.43. The second-order valence-electron chi connectivity index (χ2n) is 5.92. The minimum atomic E-state index is -0.239. The van der Waals surface area contributed by atoms with Crippen molar-refractivity contribution in [1.29, 1.82) is 0 Å². The SMILES string of the molecule is Cn1ncc(N2CCN(C(C)(C)C)CC2)c(Cl)c1=O. The van der Waals surface area contributed by atoms with Crippen LogP contribution in [0.3, 0.4) is 0 Å². The molecule has 106 valence electrons. The largest absolute Gasteiger partial charge is 0.366 e. The lowest BCUT2D eigenvalue weighted by Crippen LogP contribution is -2.53. The van der Waals surface area contributed by atoms with Crippen molar-refractivity contribution in [3.05, 3.63) is 21.6 Å². The smallest absolute Gasteiger partial charge is 0.287 e. The van der Waals surface area contributed by atoms with Crippen LogP contribution >= 0.6 is 11.6 Å². The highest BCUT2D eigenvalue weighted by Gasteiger charge is 2.27. The molecule has 0 atom stereocenters. The molecule has 1 aromatic rings. The van der Waals surface area contributed by atoms with Crippen molar-refractivity contribution in [2.45, 2.75) is 26.3 Å². The van der Waals surface area contributed by atoms with E-state index in [2.05, 4.69) is 35.7 Å². The molecule has 1 aliphatic heterocycles. The van der Waals surface area contributed by atoms with Crippen LogP contribution in [0.15, 0.2) is 11.0 Å². The van der Waals surface area contributed by atoms with Gasteiger partial charge in [-0.05, 0) is 20.8 Å². The van der Waals surface area contributed by atoms with Crippen LogP contribution in [-0.2, 0) is 7.05 Å². The molecule has 0 unspecified atom stereocenters. The molecule has 0 bridgehead atoms. The minimum Gasteiger partial charge on any atom is -0.366 e. The van der Waals surface area contributed by atoms with E-state index >= 15 is 0 Å². The molecule has 1 aromatic heterocycles. The first-order valence-electron chi connectivity index (χ1n) is 6.52. The molecule has 2 rings (SSSR count). The molecule has 0 radical (unpaired) electrons. The Morgan fingerprint density at radius 1 is 1.21 bits per heavy atom. The summed E-state index contributed by atoms with van der Waals surface area (Å²) in [5.74, 6) is 0. The Kier molecular flexibility index (Phi) is 3.87. The standard InChI is InChI=1S/C13H21ClN4O/c1-13(2,3)18-7-5-17(6-8-18)10-9-15-16(4)12(19)11(10)14/h9H,5-8H2,1-4H3. The molecule has 0 saturated carbocycles. The van der Waals surface area contributed by atoms with Gasteiger partial charge in [-0.3, -0.25) is 9.69 Å². The fourth-order valence-electron chi connectivity index (χ4n) is 2.34. The van der Waals surface area contributed by atoms with Crippen molar-refractivity contribution in [3.63, 3.8) is 0 Å². The fourth-order valence-corrected chi connectivity index (χ4v) is 2.63. The molecule has 1 aliphatic rings. The molecule has 0 aromatic carbocycles. The van der Waals surface area contributed by atoms with E-state index in [4.69, 9.17) is 11.6 Å². The van der Waals surface area contributed by atoms with E-state index in [1.165, 1.54) is 4.68 Å². The highest BCUT2D eigenvalue weighted by molar-refractivity contribution is 6.33. The summed E-state index contributed by atoms with van der Waals surface area (Å²) in [5.41, 5.74) is 0.691. The van der Waals surface area contributed by atoms with E-state index in [9.17, 15) is 4.79 Å². The van der Waals surface area contributed by atoms with Crippen LogP contribution in [0.4, 0.5) is 5.69 Å². The summed E-state index contributed by atoms with van der Waals surface area (Å²) in [5, 5.41) is 4.31. The van der Waals surface area contributed by atoms with E-state index in [-0.39, 0.29) is 16.1 Å². The molecule has 0 N–H and O–H groups in total. The van der Waals surface area contributed by atoms with Crippen LogP contribution in [0.5, 0.6) is 0 Å². The zero-order valence-corrected chi connectivity index (χ0v) is 12.7. The number of nitrogens with zero attached hydrogens (tertiary/aromatic N) is 4. The van der Waals surface area contributed by atoms with Crippen LogP contribution in [0, 0.1) is 0 Å². The molecule has 0 amide bonds. The number of piperazine rings is 1. The van der Waals surface area contributed by atoms with Gasteiger partial charge in [0.1, 0.15) is 5.02 Å². The van der Waals surface area contributed by atoms with Crippen molar-refractivity contribution in [3.8, 4) is 0 Å². The lowest BCUT2D eigenvalue weighted by atomic mass is 10.0. The predicted octanol–water partition coefficient (Wildman–Crippen LogP) is 1.35. The Balaban J connectivity index is 2.15. The molecular weight excluding hydrogens is 264 g/mol. The molecule has 2 heterocycles. The van der Waals surface area contributed by atoms with Crippen LogP contribution in [0.1, 0.15) is 20.8 Å². The van der Waals surface area contributed by atoms with Crippen LogP contribution in [0.25, 0.3) is 0 Å². The van der Waals surface area contributed by atoms with Gasteiger partial charge in [0.2, 0.25) is 0 Å². The number of anilines is 1. The monoisotopic (exact) mass is 284 g/mol.